The number of likely N-dealkylation sites (N-methyl/N-ethyl adjacent to an activating group) is 1. The van der Waals surface area contributed by atoms with E-state index in [1.54, 1.807) is 0 Å². The minimum absolute atomic E-state index is 0.00711. The molecule has 2 atom stereocenters. The third-order valence-corrected chi connectivity index (χ3v) is 3.37. The number of nitrogens with zero attached hydrogens (tertiary/aromatic N) is 1. The largest absolute Gasteiger partial charge is 0.359 e. The molecule has 0 aromatic rings. The van der Waals surface area contributed by atoms with Crippen LogP contribution in [0.5, 0.6) is 0 Å². The van der Waals surface area contributed by atoms with Crippen LogP contribution in [-0.4, -0.2) is 43.4 Å². The van der Waals surface area contributed by atoms with Crippen molar-refractivity contribution in [2.45, 2.75) is 44.4 Å². The van der Waals surface area contributed by atoms with E-state index in [0.717, 1.165) is 26.1 Å². The number of likely N-dealkylation sites (tertiary alicyclic amines) is 1. The third-order valence-electron chi connectivity index (χ3n) is 3.37. The molecule has 14 heavy (non-hydrogen) atoms. The molecule has 82 valence electrons. The predicted molar refractivity (Wildman–Crippen MR) is 57.2 cm³/mol. The quantitative estimate of drug-likeness (QED) is 0.721. The summed E-state index contributed by atoms with van der Waals surface area (Å²) < 4.78 is 5.92. The van der Waals surface area contributed by atoms with E-state index in [4.69, 9.17) is 4.74 Å². The molecule has 2 fully saturated rings. The molecule has 0 amide bonds. The molecule has 0 saturated carbocycles. The van der Waals surface area contributed by atoms with Crippen LogP contribution in [0.4, 0.5) is 0 Å². The van der Waals surface area contributed by atoms with Crippen LogP contribution in [0.25, 0.3) is 0 Å². The fourth-order valence-corrected chi connectivity index (χ4v) is 2.65. The zero-order valence-corrected chi connectivity index (χ0v) is 9.38. The first-order valence-electron chi connectivity index (χ1n) is 5.84. The van der Waals surface area contributed by atoms with Crippen LogP contribution >= 0.6 is 0 Å². The van der Waals surface area contributed by atoms with Crippen molar-refractivity contribution < 1.29 is 4.74 Å². The molecule has 1 N–H and O–H groups in total. The van der Waals surface area contributed by atoms with Crippen LogP contribution in [0.2, 0.25) is 0 Å². The summed E-state index contributed by atoms with van der Waals surface area (Å²) >= 11 is 0. The normalized spacial score (nSPS) is 39.4. The van der Waals surface area contributed by atoms with Gasteiger partial charge in [-0.1, -0.05) is 13.3 Å². The second-order valence-corrected chi connectivity index (χ2v) is 4.75. The molecule has 2 unspecified atom stereocenters. The second-order valence-electron chi connectivity index (χ2n) is 4.75. The molecule has 0 aliphatic carbocycles. The maximum atomic E-state index is 5.92. The van der Waals surface area contributed by atoms with E-state index in [9.17, 15) is 0 Å². The summed E-state index contributed by atoms with van der Waals surface area (Å²) in [5.41, 5.74) is -0.00711. The lowest BCUT2D eigenvalue weighted by molar-refractivity contribution is -0.102. The summed E-state index contributed by atoms with van der Waals surface area (Å²) in [5.74, 6) is 0. The monoisotopic (exact) mass is 198 g/mol. The molecule has 2 saturated heterocycles. The molecular weight excluding hydrogens is 176 g/mol. The average molecular weight is 198 g/mol. The summed E-state index contributed by atoms with van der Waals surface area (Å²) in [5, 5.41) is 3.70. The molecule has 2 aliphatic heterocycles. The minimum atomic E-state index is -0.00711. The van der Waals surface area contributed by atoms with Crippen molar-refractivity contribution in [2.75, 3.05) is 26.7 Å². The van der Waals surface area contributed by atoms with Gasteiger partial charge in [0.1, 0.15) is 5.72 Å². The minimum Gasteiger partial charge on any atom is -0.359 e. The molecule has 1 spiro atoms. The Labute approximate surface area is 86.8 Å². The fourth-order valence-electron chi connectivity index (χ4n) is 2.65. The van der Waals surface area contributed by atoms with E-state index in [2.05, 4.69) is 24.2 Å². The van der Waals surface area contributed by atoms with Crippen LogP contribution in [0.15, 0.2) is 0 Å². The lowest BCUT2D eigenvalue weighted by Gasteiger charge is -2.39. The van der Waals surface area contributed by atoms with Gasteiger partial charge in [-0.3, -0.25) is 5.32 Å². The van der Waals surface area contributed by atoms with Gasteiger partial charge >= 0.3 is 0 Å². The number of hydrogen-bond donors (Lipinski definition) is 1. The van der Waals surface area contributed by atoms with Gasteiger partial charge in [0.05, 0.1) is 6.61 Å². The molecule has 0 aromatic carbocycles. The van der Waals surface area contributed by atoms with Gasteiger partial charge in [-0.15, -0.1) is 0 Å². The lowest BCUT2D eigenvalue weighted by Crippen LogP contribution is -2.57. The summed E-state index contributed by atoms with van der Waals surface area (Å²) in [6.07, 6.45) is 4.88. The predicted octanol–water partition coefficient (Wildman–Crippen LogP) is 1.20. The Morgan fingerprint density at radius 3 is 3.07 bits per heavy atom. The van der Waals surface area contributed by atoms with Crippen LogP contribution in [0.1, 0.15) is 32.6 Å². The summed E-state index contributed by atoms with van der Waals surface area (Å²) in [6, 6.07) is 0.681. The van der Waals surface area contributed by atoms with Crippen molar-refractivity contribution in [2.24, 2.45) is 0 Å². The first-order valence-corrected chi connectivity index (χ1v) is 5.84. The topological polar surface area (TPSA) is 24.5 Å². The van der Waals surface area contributed by atoms with Gasteiger partial charge in [-0.05, 0) is 19.9 Å². The van der Waals surface area contributed by atoms with Gasteiger partial charge in [0, 0.05) is 25.6 Å². The average Bonchev–Trinajstić information content (AvgIpc) is 2.48. The Balaban J connectivity index is 1.93. The van der Waals surface area contributed by atoms with Crippen LogP contribution in [-0.2, 0) is 4.74 Å². The van der Waals surface area contributed by atoms with Gasteiger partial charge in [0.15, 0.2) is 0 Å². The lowest BCUT2D eigenvalue weighted by atomic mass is 10.0. The molecule has 2 aliphatic rings. The first kappa shape index (κ1) is 10.4. The molecule has 0 radical (unpaired) electrons. The SMILES string of the molecule is CCCC1CCOC2(CCN(C)C2)N1. The highest BCUT2D eigenvalue weighted by Crippen LogP contribution is 2.27. The summed E-state index contributed by atoms with van der Waals surface area (Å²) in [4.78, 5) is 2.35. The smallest absolute Gasteiger partial charge is 0.133 e. The molecule has 2 rings (SSSR count). The van der Waals surface area contributed by atoms with Crippen molar-refractivity contribution in [1.29, 1.82) is 0 Å². The third kappa shape index (κ3) is 2.10. The molecular formula is C11H22N2O. The van der Waals surface area contributed by atoms with Gasteiger partial charge < -0.3 is 9.64 Å². The van der Waals surface area contributed by atoms with E-state index in [1.807, 2.05) is 0 Å². The zero-order valence-electron chi connectivity index (χ0n) is 9.38. The van der Waals surface area contributed by atoms with Gasteiger partial charge in [-0.25, -0.2) is 0 Å². The Morgan fingerprint density at radius 2 is 2.43 bits per heavy atom. The molecule has 2 heterocycles. The van der Waals surface area contributed by atoms with Crippen LogP contribution in [0.3, 0.4) is 0 Å². The Bertz CT molecular complexity index is 192. The number of nitrogens with one attached hydrogen (secondary N) is 1. The van der Waals surface area contributed by atoms with Gasteiger partial charge in [-0.2, -0.15) is 0 Å². The Kier molecular flexibility index (Phi) is 3.10. The van der Waals surface area contributed by atoms with Gasteiger partial charge in [0.25, 0.3) is 0 Å². The van der Waals surface area contributed by atoms with Crippen LogP contribution in [0, 0.1) is 0 Å². The van der Waals surface area contributed by atoms with E-state index < -0.39 is 0 Å². The molecule has 0 bridgehead atoms. The highest BCUT2D eigenvalue weighted by atomic mass is 16.5. The van der Waals surface area contributed by atoms with Crippen molar-refractivity contribution in [3.8, 4) is 0 Å². The molecule has 3 nitrogen and oxygen atoms in total. The maximum Gasteiger partial charge on any atom is 0.133 e. The van der Waals surface area contributed by atoms with Crippen molar-refractivity contribution in [3.63, 3.8) is 0 Å². The maximum absolute atomic E-state index is 5.92. The fraction of sp³-hybridized carbons (Fsp3) is 1.00. The van der Waals surface area contributed by atoms with Crippen molar-refractivity contribution >= 4 is 0 Å². The van der Waals surface area contributed by atoms with Crippen LogP contribution < -0.4 is 5.32 Å². The van der Waals surface area contributed by atoms with E-state index in [1.165, 1.54) is 19.3 Å². The van der Waals surface area contributed by atoms with E-state index in [-0.39, 0.29) is 5.72 Å². The second kappa shape index (κ2) is 4.17. The standard InChI is InChI=1S/C11H22N2O/c1-3-4-10-5-8-14-11(12-10)6-7-13(2)9-11/h10,12H,3-9H2,1-2H3. The van der Waals surface area contributed by atoms with Crippen molar-refractivity contribution in [3.05, 3.63) is 0 Å². The number of ether oxygens (including phenoxy) is 1. The first-order chi connectivity index (χ1) is 6.74. The van der Waals surface area contributed by atoms with E-state index in [0.29, 0.717) is 6.04 Å². The highest BCUT2D eigenvalue weighted by Gasteiger charge is 2.41. The Hall–Kier alpha value is -0.120. The Morgan fingerprint density at radius 1 is 1.57 bits per heavy atom. The summed E-state index contributed by atoms with van der Waals surface area (Å²) in [6.45, 7) is 5.40. The molecule has 0 aromatic heterocycles. The van der Waals surface area contributed by atoms with Crippen molar-refractivity contribution in [1.82, 2.24) is 10.2 Å². The van der Waals surface area contributed by atoms with Gasteiger partial charge in [0.2, 0.25) is 0 Å². The number of rotatable bonds is 2. The summed E-state index contributed by atoms with van der Waals surface area (Å²) in [7, 11) is 2.17. The number of hydrogen-bond acceptors (Lipinski definition) is 3. The highest BCUT2D eigenvalue weighted by molar-refractivity contribution is 4.93. The molecule has 3 heteroatoms. The zero-order chi connectivity index (χ0) is 10.0. The van der Waals surface area contributed by atoms with E-state index >= 15 is 0 Å².